The number of thioether (sulfide) groups is 1. The van der Waals surface area contributed by atoms with Gasteiger partial charge in [0.25, 0.3) is 0 Å². The van der Waals surface area contributed by atoms with Crippen LogP contribution in [-0.2, 0) is 16.2 Å². The number of hydrogen-bond donors (Lipinski definition) is 1. The standard InChI is InChI=1S/C19H19N3O3S/c1-13(23)20-19-21-22(14(2)24)18(26-19)16-8-10-17(11-9-16)25-12-15-6-4-3-5-7-15/h3-11,18H,12H2,1-2H3,(H,20,21,23). The average Bonchev–Trinajstić information content (AvgIpc) is 3.05. The minimum Gasteiger partial charge on any atom is -0.489 e. The van der Waals surface area contributed by atoms with E-state index in [0.29, 0.717) is 11.8 Å². The van der Waals surface area contributed by atoms with Crippen molar-refractivity contribution in [2.45, 2.75) is 25.8 Å². The van der Waals surface area contributed by atoms with Gasteiger partial charge in [-0.05, 0) is 23.3 Å². The second-order valence-corrected chi connectivity index (χ2v) is 6.83. The zero-order chi connectivity index (χ0) is 18.5. The third kappa shape index (κ3) is 4.43. The summed E-state index contributed by atoms with van der Waals surface area (Å²) >= 11 is 1.33. The summed E-state index contributed by atoms with van der Waals surface area (Å²) in [6.07, 6.45) is 0. The lowest BCUT2D eigenvalue weighted by Gasteiger charge is -2.19. The van der Waals surface area contributed by atoms with Gasteiger partial charge in [0.1, 0.15) is 17.7 Å². The van der Waals surface area contributed by atoms with Gasteiger partial charge in [0.2, 0.25) is 11.8 Å². The molecule has 0 saturated carbocycles. The molecule has 3 rings (SSSR count). The van der Waals surface area contributed by atoms with Crippen LogP contribution in [0.4, 0.5) is 0 Å². The summed E-state index contributed by atoms with van der Waals surface area (Å²) < 4.78 is 5.78. The number of benzene rings is 2. The Balaban J connectivity index is 1.67. The van der Waals surface area contributed by atoms with Crippen LogP contribution in [0.1, 0.15) is 30.3 Å². The number of hydrazone groups is 1. The molecule has 1 unspecified atom stereocenters. The Morgan fingerprint density at radius 1 is 1.12 bits per heavy atom. The molecule has 1 heterocycles. The number of carbonyl (C=O) groups is 2. The molecular formula is C19H19N3O3S. The molecular weight excluding hydrogens is 350 g/mol. The maximum absolute atomic E-state index is 11.9. The second kappa shape index (κ2) is 8.05. The lowest BCUT2D eigenvalue weighted by Crippen LogP contribution is -2.25. The third-order valence-corrected chi connectivity index (χ3v) is 4.77. The van der Waals surface area contributed by atoms with Gasteiger partial charge in [0, 0.05) is 13.8 Å². The molecule has 2 aromatic carbocycles. The fraction of sp³-hybridized carbons (Fsp3) is 0.211. The van der Waals surface area contributed by atoms with Crippen molar-refractivity contribution in [1.82, 2.24) is 10.3 Å². The molecule has 0 bridgehead atoms. The predicted octanol–water partition coefficient (Wildman–Crippen LogP) is 3.27. The first-order chi connectivity index (χ1) is 12.5. The molecule has 0 spiro atoms. The summed E-state index contributed by atoms with van der Waals surface area (Å²) in [5.74, 6) is 0.343. The number of carbonyl (C=O) groups excluding carboxylic acids is 2. The quantitative estimate of drug-likeness (QED) is 0.898. The van der Waals surface area contributed by atoms with Crippen LogP contribution >= 0.6 is 11.8 Å². The summed E-state index contributed by atoms with van der Waals surface area (Å²) in [6, 6.07) is 17.5. The van der Waals surface area contributed by atoms with Gasteiger partial charge in [-0.25, -0.2) is 5.01 Å². The molecule has 6 nitrogen and oxygen atoms in total. The van der Waals surface area contributed by atoms with Gasteiger partial charge in [-0.15, -0.1) is 5.10 Å². The lowest BCUT2D eigenvalue weighted by molar-refractivity contribution is -0.129. The maximum atomic E-state index is 11.9. The Morgan fingerprint density at radius 3 is 2.42 bits per heavy atom. The fourth-order valence-corrected chi connectivity index (χ4v) is 3.59. The van der Waals surface area contributed by atoms with Crippen LogP contribution < -0.4 is 10.1 Å². The Bertz CT molecular complexity index is 822. The molecule has 26 heavy (non-hydrogen) atoms. The van der Waals surface area contributed by atoms with E-state index in [0.717, 1.165) is 16.9 Å². The zero-order valence-corrected chi connectivity index (χ0v) is 15.3. The Labute approximate surface area is 156 Å². The Kier molecular flexibility index (Phi) is 5.58. The van der Waals surface area contributed by atoms with Crippen molar-refractivity contribution in [2.24, 2.45) is 5.10 Å². The van der Waals surface area contributed by atoms with Crippen LogP contribution in [0, 0.1) is 0 Å². The largest absolute Gasteiger partial charge is 0.489 e. The van der Waals surface area contributed by atoms with E-state index < -0.39 is 0 Å². The minimum absolute atomic E-state index is 0.188. The third-order valence-electron chi connectivity index (χ3n) is 3.66. The molecule has 1 aliphatic rings. The molecule has 1 aliphatic heterocycles. The number of nitrogens with zero attached hydrogens (tertiary/aromatic N) is 2. The van der Waals surface area contributed by atoms with Crippen molar-refractivity contribution < 1.29 is 14.3 Å². The van der Waals surface area contributed by atoms with Gasteiger partial charge < -0.3 is 10.1 Å². The van der Waals surface area contributed by atoms with Crippen molar-refractivity contribution in [3.8, 4) is 5.75 Å². The van der Waals surface area contributed by atoms with E-state index >= 15 is 0 Å². The molecule has 134 valence electrons. The van der Waals surface area contributed by atoms with Crippen LogP contribution in [0.2, 0.25) is 0 Å². The van der Waals surface area contributed by atoms with Crippen molar-refractivity contribution in [3.63, 3.8) is 0 Å². The monoisotopic (exact) mass is 369 g/mol. The summed E-state index contributed by atoms with van der Waals surface area (Å²) in [5.41, 5.74) is 2.00. The van der Waals surface area contributed by atoms with Gasteiger partial charge in [0.15, 0.2) is 5.17 Å². The smallest absolute Gasteiger partial charge is 0.241 e. The molecule has 2 amide bonds. The normalized spacial score (nSPS) is 16.2. The summed E-state index contributed by atoms with van der Waals surface area (Å²) in [7, 11) is 0. The second-order valence-electron chi connectivity index (χ2n) is 5.76. The highest BCUT2D eigenvalue weighted by molar-refractivity contribution is 8.14. The molecule has 0 aliphatic carbocycles. The zero-order valence-electron chi connectivity index (χ0n) is 14.5. The number of ether oxygens (including phenoxy) is 1. The van der Waals surface area contributed by atoms with E-state index in [9.17, 15) is 9.59 Å². The van der Waals surface area contributed by atoms with Crippen LogP contribution in [0.25, 0.3) is 0 Å². The van der Waals surface area contributed by atoms with E-state index in [1.807, 2.05) is 54.6 Å². The van der Waals surface area contributed by atoms with Gasteiger partial charge in [-0.2, -0.15) is 0 Å². The van der Waals surface area contributed by atoms with Gasteiger partial charge >= 0.3 is 0 Å². The van der Waals surface area contributed by atoms with Crippen molar-refractivity contribution in [3.05, 3.63) is 65.7 Å². The van der Waals surface area contributed by atoms with Crippen molar-refractivity contribution >= 4 is 28.7 Å². The molecule has 2 aromatic rings. The minimum atomic E-state index is -0.308. The summed E-state index contributed by atoms with van der Waals surface area (Å²) in [4.78, 5) is 23.1. The van der Waals surface area contributed by atoms with E-state index in [-0.39, 0.29) is 17.2 Å². The molecule has 7 heteroatoms. The topological polar surface area (TPSA) is 71.0 Å². The highest BCUT2D eigenvalue weighted by atomic mass is 32.2. The highest BCUT2D eigenvalue weighted by Gasteiger charge is 2.32. The number of amides is 2. The van der Waals surface area contributed by atoms with E-state index in [2.05, 4.69) is 10.4 Å². The van der Waals surface area contributed by atoms with Gasteiger partial charge in [-0.3, -0.25) is 9.59 Å². The van der Waals surface area contributed by atoms with Crippen molar-refractivity contribution in [2.75, 3.05) is 0 Å². The summed E-state index contributed by atoms with van der Waals surface area (Å²) in [6.45, 7) is 3.35. The van der Waals surface area contributed by atoms with E-state index in [4.69, 9.17) is 4.74 Å². The molecule has 1 atom stereocenters. The number of rotatable bonds is 4. The Morgan fingerprint density at radius 2 is 1.81 bits per heavy atom. The van der Waals surface area contributed by atoms with Crippen LogP contribution in [0.3, 0.4) is 0 Å². The van der Waals surface area contributed by atoms with Crippen LogP contribution in [0.15, 0.2) is 59.7 Å². The predicted molar refractivity (Wildman–Crippen MR) is 101 cm³/mol. The van der Waals surface area contributed by atoms with Gasteiger partial charge in [0.05, 0.1) is 0 Å². The maximum Gasteiger partial charge on any atom is 0.241 e. The molecule has 0 saturated heterocycles. The van der Waals surface area contributed by atoms with Crippen molar-refractivity contribution in [1.29, 1.82) is 0 Å². The van der Waals surface area contributed by atoms with Crippen LogP contribution in [0.5, 0.6) is 5.75 Å². The molecule has 0 fully saturated rings. The Hall–Kier alpha value is -2.80. The number of hydrogen-bond acceptors (Lipinski definition) is 5. The first kappa shape index (κ1) is 18.0. The molecule has 0 aromatic heterocycles. The first-order valence-electron chi connectivity index (χ1n) is 8.12. The van der Waals surface area contributed by atoms with Crippen LogP contribution in [-0.4, -0.2) is 22.0 Å². The summed E-state index contributed by atoms with van der Waals surface area (Å²) in [5, 5.41) is 8.30. The van der Waals surface area contributed by atoms with E-state index in [1.54, 1.807) is 0 Å². The number of nitrogens with one attached hydrogen (secondary N) is 1. The number of amidine groups is 1. The highest BCUT2D eigenvalue weighted by Crippen LogP contribution is 2.39. The fourth-order valence-electron chi connectivity index (χ4n) is 2.45. The first-order valence-corrected chi connectivity index (χ1v) is 9.00. The lowest BCUT2D eigenvalue weighted by atomic mass is 10.2. The SMILES string of the molecule is CC(=O)NC1=NN(C(C)=O)C(c2ccc(OCc3ccccc3)cc2)S1. The molecule has 1 N–H and O–H groups in total. The molecule has 0 radical (unpaired) electrons. The van der Waals surface area contributed by atoms with Gasteiger partial charge in [-0.1, -0.05) is 54.2 Å². The van der Waals surface area contributed by atoms with E-state index in [1.165, 1.54) is 30.6 Å². The average molecular weight is 369 g/mol.